The fourth-order valence-corrected chi connectivity index (χ4v) is 5.65. The predicted molar refractivity (Wildman–Crippen MR) is 158 cm³/mol. The van der Waals surface area contributed by atoms with Gasteiger partial charge >= 0.3 is 0 Å². The van der Waals surface area contributed by atoms with Crippen molar-refractivity contribution in [3.05, 3.63) is 83.3 Å². The molecule has 2 N–H and O–H groups in total. The van der Waals surface area contributed by atoms with Gasteiger partial charge in [-0.25, -0.2) is 4.98 Å². The zero-order chi connectivity index (χ0) is 28.8. The van der Waals surface area contributed by atoms with Gasteiger partial charge in [-0.1, -0.05) is 74.5 Å². The monoisotopic (exact) mass is 572 g/mol. The Morgan fingerprint density at radius 2 is 1.68 bits per heavy atom. The molecule has 41 heavy (non-hydrogen) atoms. The number of carbonyl (C=O) groups excluding carboxylic acids is 3. The summed E-state index contributed by atoms with van der Waals surface area (Å²) in [5.74, 6) is -1.29. The van der Waals surface area contributed by atoms with E-state index in [1.54, 1.807) is 30.5 Å². The van der Waals surface area contributed by atoms with Crippen molar-refractivity contribution in [3.63, 3.8) is 0 Å². The summed E-state index contributed by atoms with van der Waals surface area (Å²) in [4.78, 5) is 48.7. The largest absolute Gasteiger partial charge is 0.432 e. The van der Waals surface area contributed by atoms with E-state index >= 15 is 0 Å². The minimum Gasteiger partial charge on any atom is -0.432 e. The topological polar surface area (TPSA) is 114 Å². The fraction of sp³-hybridized carbons (Fsp3) is 0.344. The minimum absolute atomic E-state index is 0.0371. The van der Waals surface area contributed by atoms with Crippen LogP contribution in [0.3, 0.4) is 0 Å². The van der Waals surface area contributed by atoms with Gasteiger partial charge in [-0.15, -0.1) is 0 Å². The van der Waals surface area contributed by atoms with Crippen LogP contribution in [0.1, 0.15) is 72.9 Å². The molecule has 0 aliphatic heterocycles. The molecule has 2 atom stereocenters. The third-order valence-corrected chi connectivity index (χ3v) is 8.02. The zero-order valence-corrected chi connectivity index (χ0v) is 23.7. The van der Waals surface area contributed by atoms with E-state index < -0.39 is 17.9 Å². The van der Waals surface area contributed by atoms with Gasteiger partial charge in [0.25, 0.3) is 11.8 Å². The van der Waals surface area contributed by atoms with Gasteiger partial charge in [-0.3, -0.25) is 14.4 Å². The molecular formula is C32H33ClN4O4. The van der Waals surface area contributed by atoms with Crippen LogP contribution < -0.4 is 10.6 Å². The molecule has 0 saturated heterocycles. The fourth-order valence-electron chi connectivity index (χ4n) is 5.40. The maximum absolute atomic E-state index is 13.7. The highest BCUT2D eigenvalue weighted by atomic mass is 35.5. The van der Waals surface area contributed by atoms with Crippen LogP contribution in [0.15, 0.2) is 71.3 Å². The number of nitrogens with one attached hydrogen (secondary N) is 2. The van der Waals surface area contributed by atoms with E-state index in [9.17, 15) is 14.4 Å². The normalized spacial score (nSPS) is 15.6. The van der Waals surface area contributed by atoms with E-state index in [4.69, 9.17) is 16.0 Å². The molecule has 9 heteroatoms. The lowest BCUT2D eigenvalue weighted by Gasteiger charge is -2.28. The third kappa shape index (κ3) is 6.65. The molecule has 1 fully saturated rings. The lowest BCUT2D eigenvalue weighted by molar-refractivity contribution is -0.124. The third-order valence-electron chi connectivity index (χ3n) is 7.69. The zero-order valence-electron chi connectivity index (χ0n) is 22.9. The molecule has 0 bridgehead atoms. The summed E-state index contributed by atoms with van der Waals surface area (Å²) in [7, 11) is 0. The molecule has 1 aliphatic carbocycles. The van der Waals surface area contributed by atoms with Crippen LogP contribution in [-0.4, -0.2) is 39.6 Å². The number of Topliss-reactive ketones (excluding diaryl/α,β-unsaturated/α-hetero) is 1. The van der Waals surface area contributed by atoms with E-state index in [2.05, 4.69) is 20.6 Å². The number of hydrogen-bond acceptors (Lipinski definition) is 6. The number of carbonyl (C=O) groups is 3. The molecule has 2 aromatic heterocycles. The number of halogens is 1. The van der Waals surface area contributed by atoms with Crippen molar-refractivity contribution in [1.29, 1.82) is 0 Å². The van der Waals surface area contributed by atoms with Gasteiger partial charge < -0.3 is 15.1 Å². The Morgan fingerprint density at radius 1 is 0.951 bits per heavy atom. The van der Waals surface area contributed by atoms with Crippen molar-refractivity contribution in [1.82, 2.24) is 20.6 Å². The number of ketones is 1. The van der Waals surface area contributed by atoms with Gasteiger partial charge in [0.05, 0.1) is 6.04 Å². The van der Waals surface area contributed by atoms with Crippen molar-refractivity contribution < 1.29 is 18.8 Å². The number of oxazole rings is 1. The second kappa shape index (κ2) is 13.1. The molecule has 2 amide bonds. The summed E-state index contributed by atoms with van der Waals surface area (Å²) < 4.78 is 5.61. The van der Waals surface area contributed by atoms with Crippen LogP contribution in [0.4, 0.5) is 0 Å². The minimum atomic E-state index is -0.851. The van der Waals surface area contributed by atoms with E-state index in [1.807, 2.05) is 43.3 Å². The number of benzene rings is 2. The number of hydrogen-bond donors (Lipinski definition) is 2. The van der Waals surface area contributed by atoms with Crippen molar-refractivity contribution in [2.45, 2.75) is 64.0 Å². The lowest BCUT2D eigenvalue weighted by atomic mass is 9.90. The summed E-state index contributed by atoms with van der Waals surface area (Å²) in [5.41, 5.74) is 2.95. The standard InChI is InChI=1S/C32H33ClN4O4/c1-2-25(28(38)32-37-29-26(41-32)14-9-19-34-29)35-31(40)27(21-10-5-3-4-6-11-21)36-30(39)22-17-15-20(16-18-22)23-12-7-8-13-24(23)33/h7-9,12-19,21,25,27H,2-6,10-11H2,1H3,(H,35,40)(H,36,39)/t25-,27?/m0/s1. The molecule has 212 valence electrons. The average Bonchev–Trinajstić information content (AvgIpc) is 3.25. The maximum atomic E-state index is 13.7. The molecule has 4 aromatic rings. The van der Waals surface area contributed by atoms with E-state index in [0.29, 0.717) is 28.2 Å². The Labute approximate surface area is 243 Å². The van der Waals surface area contributed by atoms with E-state index in [1.165, 1.54) is 0 Å². The van der Waals surface area contributed by atoms with Crippen LogP contribution in [-0.2, 0) is 4.79 Å². The summed E-state index contributed by atoms with van der Waals surface area (Å²) in [6, 6.07) is 16.4. The molecule has 1 unspecified atom stereocenters. The Bertz CT molecular complexity index is 1490. The van der Waals surface area contributed by atoms with Gasteiger partial charge in [0.2, 0.25) is 11.7 Å². The molecular weight excluding hydrogens is 540 g/mol. The first kappa shape index (κ1) is 28.5. The smallest absolute Gasteiger partial charge is 0.268 e. The van der Waals surface area contributed by atoms with E-state index in [-0.39, 0.29) is 23.6 Å². The molecule has 1 aliphatic rings. The lowest BCUT2D eigenvalue weighted by Crippen LogP contribution is -2.54. The van der Waals surface area contributed by atoms with Gasteiger partial charge in [0.1, 0.15) is 6.04 Å². The van der Waals surface area contributed by atoms with Crippen molar-refractivity contribution >= 4 is 40.4 Å². The Hall–Kier alpha value is -4.04. The Morgan fingerprint density at radius 3 is 2.37 bits per heavy atom. The number of aromatic nitrogens is 2. The molecule has 1 saturated carbocycles. The predicted octanol–water partition coefficient (Wildman–Crippen LogP) is 6.39. The van der Waals surface area contributed by atoms with Crippen molar-refractivity contribution in [2.24, 2.45) is 5.92 Å². The number of rotatable bonds is 9. The highest BCUT2D eigenvalue weighted by Gasteiger charge is 2.34. The SMILES string of the molecule is CC[C@H](NC(=O)C(NC(=O)c1ccc(-c2ccccc2Cl)cc1)C1CCCCCC1)C(=O)c1nc2ncccc2o1. The molecule has 5 rings (SSSR count). The van der Waals surface area contributed by atoms with Gasteiger partial charge in [0.15, 0.2) is 11.2 Å². The second-order valence-electron chi connectivity index (χ2n) is 10.4. The number of fused-ring (bicyclic) bond motifs is 1. The van der Waals surface area contributed by atoms with Crippen LogP contribution in [0.25, 0.3) is 22.4 Å². The Balaban J connectivity index is 1.33. The Kier molecular flexibility index (Phi) is 9.09. The van der Waals surface area contributed by atoms with Crippen LogP contribution in [0.2, 0.25) is 5.02 Å². The maximum Gasteiger partial charge on any atom is 0.268 e. The summed E-state index contributed by atoms with van der Waals surface area (Å²) in [5, 5.41) is 6.50. The first-order valence-corrected chi connectivity index (χ1v) is 14.5. The quantitative estimate of drug-likeness (QED) is 0.177. The molecule has 2 aromatic carbocycles. The molecule has 8 nitrogen and oxygen atoms in total. The first-order chi connectivity index (χ1) is 19.9. The number of amides is 2. The second-order valence-corrected chi connectivity index (χ2v) is 10.8. The molecule has 0 spiro atoms. The highest BCUT2D eigenvalue weighted by molar-refractivity contribution is 6.33. The summed E-state index contributed by atoms with van der Waals surface area (Å²) in [6.45, 7) is 1.81. The van der Waals surface area contributed by atoms with Gasteiger partial charge in [-0.05, 0) is 61.1 Å². The van der Waals surface area contributed by atoms with Gasteiger partial charge in [0, 0.05) is 22.3 Å². The number of pyridine rings is 1. The summed E-state index contributed by atoms with van der Waals surface area (Å²) in [6.07, 6.45) is 7.74. The van der Waals surface area contributed by atoms with Gasteiger partial charge in [-0.2, -0.15) is 4.98 Å². The van der Waals surface area contributed by atoms with Crippen LogP contribution in [0.5, 0.6) is 0 Å². The number of nitrogens with zero attached hydrogens (tertiary/aromatic N) is 2. The summed E-state index contributed by atoms with van der Waals surface area (Å²) >= 11 is 6.34. The molecule has 2 heterocycles. The van der Waals surface area contributed by atoms with Crippen LogP contribution >= 0.6 is 11.6 Å². The van der Waals surface area contributed by atoms with E-state index in [0.717, 1.165) is 49.7 Å². The first-order valence-electron chi connectivity index (χ1n) is 14.2. The van der Waals surface area contributed by atoms with Crippen molar-refractivity contribution in [3.8, 4) is 11.1 Å². The van der Waals surface area contributed by atoms with Crippen molar-refractivity contribution in [2.75, 3.05) is 0 Å². The highest BCUT2D eigenvalue weighted by Crippen LogP contribution is 2.29. The van der Waals surface area contributed by atoms with Crippen LogP contribution in [0, 0.1) is 5.92 Å². The average molecular weight is 573 g/mol. The molecule has 0 radical (unpaired) electrons.